The third-order valence-electron chi connectivity index (χ3n) is 6.66. The van der Waals surface area contributed by atoms with Gasteiger partial charge < -0.3 is 4.74 Å². The second kappa shape index (κ2) is 7.64. The lowest BCUT2D eigenvalue weighted by molar-refractivity contribution is 0.0353. The van der Waals surface area contributed by atoms with E-state index in [-0.39, 0.29) is 10.3 Å². The molecule has 27 heavy (non-hydrogen) atoms. The maximum atomic E-state index is 13.1. The van der Waals surface area contributed by atoms with Crippen LogP contribution in [-0.4, -0.2) is 63.1 Å². The molecule has 0 unspecified atom stereocenters. The van der Waals surface area contributed by atoms with E-state index in [9.17, 15) is 8.42 Å². The molecule has 0 N–H and O–H groups in total. The summed E-state index contributed by atoms with van der Waals surface area (Å²) in [4.78, 5) is 2.87. The summed E-state index contributed by atoms with van der Waals surface area (Å²) in [6.07, 6.45) is 5.32. The predicted octanol–water partition coefficient (Wildman–Crippen LogP) is 3.30. The van der Waals surface area contributed by atoms with Crippen LogP contribution in [0, 0.1) is 12.3 Å². The Kier molecular flexibility index (Phi) is 5.56. The van der Waals surface area contributed by atoms with Gasteiger partial charge in [0.05, 0.1) is 5.02 Å². The van der Waals surface area contributed by atoms with Gasteiger partial charge in [0, 0.05) is 38.9 Å². The van der Waals surface area contributed by atoms with Crippen LogP contribution >= 0.6 is 11.6 Å². The van der Waals surface area contributed by atoms with Crippen molar-refractivity contribution in [3.8, 4) is 0 Å². The first-order valence-corrected chi connectivity index (χ1v) is 11.8. The number of likely N-dealkylation sites (tertiary alicyclic amines) is 1. The number of benzene rings is 1. The van der Waals surface area contributed by atoms with Gasteiger partial charge in [-0.15, -0.1) is 0 Å². The van der Waals surface area contributed by atoms with Crippen LogP contribution < -0.4 is 0 Å². The highest BCUT2D eigenvalue weighted by atomic mass is 35.5. The minimum absolute atomic E-state index is 0.237. The molecule has 150 valence electrons. The van der Waals surface area contributed by atoms with E-state index in [0.717, 1.165) is 57.6 Å². The quantitative estimate of drug-likeness (QED) is 0.764. The Bertz CT molecular complexity index is 784. The Hall–Kier alpha value is -0.660. The normalized spacial score (nSPS) is 25.3. The van der Waals surface area contributed by atoms with Crippen LogP contribution in [0.4, 0.5) is 0 Å². The highest BCUT2D eigenvalue weighted by molar-refractivity contribution is 7.89. The summed E-state index contributed by atoms with van der Waals surface area (Å²) in [6.45, 7) is 7.09. The van der Waals surface area contributed by atoms with Crippen molar-refractivity contribution in [3.63, 3.8) is 0 Å². The standard InChI is InChI=1S/C20H29ClN2O3S/c1-16-2-3-19(18(21)14-16)27(24,25)23-10-7-20(8-11-23)6-9-22(15-20)17-4-12-26-13-5-17/h2-3,14,17H,4-13,15H2,1H3. The number of ether oxygens (including phenoxy) is 1. The molecule has 3 saturated heterocycles. The van der Waals surface area contributed by atoms with Gasteiger partial charge in [-0.1, -0.05) is 17.7 Å². The van der Waals surface area contributed by atoms with Gasteiger partial charge in [0.1, 0.15) is 4.90 Å². The third kappa shape index (κ3) is 3.92. The number of halogens is 1. The average molecular weight is 413 g/mol. The van der Waals surface area contributed by atoms with Crippen LogP contribution in [0.2, 0.25) is 5.02 Å². The molecule has 0 bridgehead atoms. The first kappa shape index (κ1) is 19.6. The van der Waals surface area contributed by atoms with E-state index in [4.69, 9.17) is 16.3 Å². The molecule has 0 saturated carbocycles. The van der Waals surface area contributed by atoms with Crippen molar-refractivity contribution in [1.82, 2.24) is 9.21 Å². The Morgan fingerprint density at radius 2 is 1.78 bits per heavy atom. The third-order valence-corrected chi connectivity index (χ3v) is 9.04. The molecule has 1 spiro atoms. The van der Waals surface area contributed by atoms with E-state index in [0.29, 0.717) is 24.2 Å². The van der Waals surface area contributed by atoms with E-state index >= 15 is 0 Å². The predicted molar refractivity (Wildman–Crippen MR) is 107 cm³/mol. The molecule has 3 fully saturated rings. The smallest absolute Gasteiger partial charge is 0.244 e. The molecular formula is C20H29ClN2O3S. The molecule has 0 aromatic heterocycles. The number of aryl methyl sites for hydroxylation is 1. The summed E-state index contributed by atoms with van der Waals surface area (Å²) >= 11 is 6.24. The zero-order valence-electron chi connectivity index (χ0n) is 16.0. The highest BCUT2D eigenvalue weighted by Gasteiger charge is 2.44. The van der Waals surface area contributed by atoms with Gasteiger partial charge >= 0.3 is 0 Å². The van der Waals surface area contributed by atoms with Crippen LogP contribution in [0.15, 0.2) is 23.1 Å². The molecule has 7 heteroatoms. The Morgan fingerprint density at radius 1 is 1.11 bits per heavy atom. The number of hydrogen-bond acceptors (Lipinski definition) is 4. The number of piperidine rings is 1. The first-order chi connectivity index (χ1) is 12.9. The van der Waals surface area contributed by atoms with Crippen LogP contribution in [0.1, 0.15) is 37.7 Å². The molecule has 5 nitrogen and oxygen atoms in total. The van der Waals surface area contributed by atoms with Gasteiger partial charge in [-0.25, -0.2) is 8.42 Å². The van der Waals surface area contributed by atoms with Gasteiger partial charge in [0.25, 0.3) is 0 Å². The molecule has 0 amide bonds. The average Bonchev–Trinajstić information content (AvgIpc) is 3.06. The van der Waals surface area contributed by atoms with E-state index in [1.54, 1.807) is 16.4 Å². The summed E-state index contributed by atoms with van der Waals surface area (Å²) in [7, 11) is -3.52. The molecule has 3 aliphatic heterocycles. The van der Waals surface area contributed by atoms with Crippen molar-refractivity contribution in [2.75, 3.05) is 39.4 Å². The number of rotatable bonds is 3. The maximum absolute atomic E-state index is 13.1. The number of nitrogens with zero attached hydrogens (tertiary/aromatic N) is 2. The molecule has 3 heterocycles. The van der Waals surface area contributed by atoms with E-state index in [1.807, 2.05) is 13.0 Å². The van der Waals surface area contributed by atoms with Crippen molar-refractivity contribution in [1.29, 1.82) is 0 Å². The van der Waals surface area contributed by atoms with Gasteiger partial charge in [0.2, 0.25) is 10.0 Å². The second-order valence-corrected chi connectivity index (χ2v) is 10.7. The van der Waals surface area contributed by atoms with Crippen LogP contribution in [-0.2, 0) is 14.8 Å². The minimum Gasteiger partial charge on any atom is -0.381 e. The fraction of sp³-hybridized carbons (Fsp3) is 0.700. The molecule has 0 aliphatic carbocycles. The Morgan fingerprint density at radius 3 is 2.44 bits per heavy atom. The van der Waals surface area contributed by atoms with Crippen molar-refractivity contribution in [2.24, 2.45) is 5.41 Å². The van der Waals surface area contributed by atoms with E-state index < -0.39 is 10.0 Å². The molecule has 1 aromatic rings. The van der Waals surface area contributed by atoms with Gasteiger partial charge in [-0.05, 0) is 68.7 Å². The van der Waals surface area contributed by atoms with Gasteiger partial charge in [0.15, 0.2) is 0 Å². The number of sulfonamides is 1. The van der Waals surface area contributed by atoms with Crippen LogP contribution in [0.5, 0.6) is 0 Å². The lowest BCUT2D eigenvalue weighted by Gasteiger charge is -2.40. The largest absolute Gasteiger partial charge is 0.381 e. The zero-order valence-corrected chi connectivity index (χ0v) is 17.6. The van der Waals surface area contributed by atoms with Crippen molar-refractivity contribution < 1.29 is 13.2 Å². The zero-order chi connectivity index (χ0) is 19.1. The summed E-state index contributed by atoms with van der Waals surface area (Å²) in [5.41, 5.74) is 1.25. The molecule has 3 aliphatic rings. The minimum atomic E-state index is -3.52. The molecular weight excluding hydrogens is 384 g/mol. The number of hydrogen-bond donors (Lipinski definition) is 0. The SMILES string of the molecule is Cc1ccc(S(=O)(=O)N2CCC3(CCN(C4CCOCC4)C3)CC2)c(Cl)c1. The van der Waals surface area contributed by atoms with Gasteiger partial charge in [-0.2, -0.15) is 4.31 Å². The summed E-state index contributed by atoms with van der Waals surface area (Å²) in [5, 5.41) is 0.321. The van der Waals surface area contributed by atoms with Crippen molar-refractivity contribution in [3.05, 3.63) is 28.8 Å². The molecule has 4 rings (SSSR count). The molecule has 0 atom stereocenters. The molecule has 0 radical (unpaired) electrons. The molecule has 1 aromatic carbocycles. The van der Waals surface area contributed by atoms with E-state index in [1.165, 1.54) is 6.42 Å². The first-order valence-electron chi connectivity index (χ1n) is 9.98. The van der Waals surface area contributed by atoms with Crippen LogP contribution in [0.3, 0.4) is 0 Å². The van der Waals surface area contributed by atoms with Gasteiger partial charge in [-0.3, -0.25) is 4.90 Å². The summed E-state index contributed by atoms with van der Waals surface area (Å²) in [5.74, 6) is 0. The lowest BCUT2D eigenvalue weighted by Crippen LogP contribution is -2.45. The highest BCUT2D eigenvalue weighted by Crippen LogP contribution is 2.43. The topological polar surface area (TPSA) is 49.9 Å². The lowest BCUT2D eigenvalue weighted by atomic mass is 9.78. The second-order valence-electron chi connectivity index (χ2n) is 8.40. The Labute approximate surface area is 167 Å². The fourth-order valence-electron chi connectivity index (χ4n) is 4.89. The fourth-order valence-corrected chi connectivity index (χ4v) is 6.91. The maximum Gasteiger partial charge on any atom is 0.244 e. The summed E-state index contributed by atoms with van der Waals surface area (Å²) in [6, 6.07) is 5.82. The Balaban J connectivity index is 1.41. The van der Waals surface area contributed by atoms with Crippen molar-refractivity contribution >= 4 is 21.6 Å². The van der Waals surface area contributed by atoms with E-state index in [2.05, 4.69) is 4.90 Å². The van der Waals surface area contributed by atoms with Crippen LogP contribution in [0.25, 0.3) is 0 Å². The van der Waals surface area contributed by atoms with Crippen molar-refractivity contribution in [2.45, 2.75) is 50.0 Å². The summed E-state index contributed by atoms with van der Waals surface area (Å²) < 4.78 is 33.2. The monoisotopic (exact) mass is 412 g/mol.